The van der Waals surface area contributed by atoms with Crippen molar-refractivity contribution < 1.29 is 14.3 Å². The normalized spacial score (nSPS) is 21.0. The third-order valence-corrected chi connectivity index (χ3v) is 3.96. The third kappa shape index (κ3) is 3.87. The smallest absolute Gasteiger partial charge is 0.251 e. The summed E-state index contributed by atoms with van der Waals surface area (Å²) in [6.07, 6.45) is 6.44. The van der Waals surface area contributed by atoms with Gasteiger partial charge in [-0.25, -0.2) is 0 Å². The molecule has 5 nitrogen and oxygen atoms in total. The molecule has 2 unspecified atom stereocenters. The average Bonchev–Trinajstić information content (AvgIpc) is 2.92. The first kappa shape index (κ1) is 16.1. The minimum Gasteiger partial charge on any atom is -0.495 e. The minimum atomic E-state index is -0.147. The Balaban J connectivity index is 2.06. The summed E-state index contributed by atoms with van der Waals surface area (Å²) >= 11 is 0. The quantitative estimate of drug-likeness (QED) is 0.646. The number of ketones is 1. The number of anilines is 1. The Morgan fingerprint density at radius 2 is 2.14 bits per heavy atom. The highest BCUT2D eigenvalue weighted by atomic mass is 16.5. The van der Waals surface area contributed by atoms with E-state index in [-0.39, 0.29) is 23.7 Å². The second kappa shape index (κ2) is 7.11. The Bertz CT molecular complexity index is 596. The molecule has 0 aliphatic heterocycles. The summed E-state index contributed by atoms with van der Waals surface area (Å²) in [5, 5.41) is 3.04. The van der Waals surface area contributed by atoms with E-state index < -0.39 is 0 Å². The summed E-state index contributed by atoms with van der Waals surface area (Å²) in [5.74, 6) is 0.585. The van der Waals surface area contributed by atoms with Crippen LogP contribution in [0.25, 0.3) is 0 Å². The summed E-state index contributed by atoms with van der Waals surface area (Å²) in [6, 6.07) is 5.05. The van der Waals surface area contributed by atoms with Crippen molar-refractivity contribution in [2.75, 3.05) is 12.8 Å². The maximum absolute atomic E-state index is 12.4. The second-order valence-corrected chi connectivity index (χ2v) is 5.60. The van der Waals surface area contributed by atoms with Gasteiger partial charge in [0.05, 0.1) is 12.8 Å². The number of carbonyl (C=O) groups excluding carboxylic acids is 2. The molecule has 1 aromatic rings. The Morgan fingerprint density at radius 3 is 2.82 bits per heavy atom. The molecule has 1 saturated carbocycles. The standard InChI is InChI=1S/C17H22N2O3/c1-11(20)6-7-12-4-3-5-15(12)19-17(21)13-8-9-14(18)16(10-13)22-2/h6-10,12,15H,3-5,18H2,1-2H3,(H,19,21)/b7-6-. The van der Waals surface area contributed by atoms with Gasteiger partial charge in [-0.15, -0.1) is 0 Å². The van der Waals surface area contributed by atoms with E-state index in [1.165, 1.54) is 14.0 Å². The number of nitrogens with two attached hydrogens (primary N) is 1. The number of nitrogens with one attached hydrogen (secondary N) is 1. The molecule has 0 aromatic heterocycles. The predicted molar refractivity (Wildman–Crippen MR) is 85.8 cm³/mol. The molecule has 0 bridgehead atoms. The molecule has 1 fully saturated rings. The molecule has 0 spiro atoms. The van der Waals surface area contributed by atoms with Gasteiger partial charge in [-0.3, -0.25) is 9.59 Å². The number of carbonyl (C=O) groups is 2. The summed E-state index contributed by atoms with van der Waals surface area (Å²) in [7, 11) is 1.52. The van der Waals surface area contributed by atoms with Crippen LogP contribution in [0, 0.1) is 5.92 Å². The van der Waals surface area contributed by atoms with Crippen LogP contribution in [0.3, 0.4) is 0 Å². The van der Waals surface area contributed by atoms with Gasteiger partial charge in [0.2, 0.25) is 0 Å². The zero-order valence-corrected chi connectivity index (χ0v) is 13.0. The van der Waals surface area contributed by atoms with Crippen molar-refractivity contribution in [3.05, 3.63) is 35.9 Å². The molecule has 22 heavy (non-hydrogen) atoms. The van der Waals surface area contributed by atoms with E-state index in [4.69, 9.17) is 10.5 Å². The first-order chi connectivity index (χ1) is 10.5. The lowest BCUT2D eigenvalue weighted by molar-refractivity contribution is -0.112. The van der Waals surface area contributed by atoms with Crippen LogP contribution in [-0.2, 0) is 4.79 Å². The molecule has 1 aromatic carbocycles. The van der Waals surface area contributed by atoms with Crippen molar-refractivity contribution in [2.45, 2.75) is 32.2 Å². The maximum Gasteiger partial charge on any atom is 0.251 e. The number of allylic oxidation sites excluding steroid dienone is 1. The third-order valence-electron chi connectivity index (χ3n) is 3.96. The van der Waals surface area contributed by atoms with E-state index in [1.807, 2.05) is 6.08 Å². The lowest BCUT2D eigenvalue weighted by Crippen LogP contribution is -2.36. The molecule has 0 saturated heterocycles. The van der Waals surface area contributed by atoms with Gasteiger partial charge in [0.1, 0.15) is 5.75 Å². The number of ether oxygens (including phenoxy) is 1. The zero-order chi connectivity index (χ0) is 16.1. The van der Waals surface area contributed by atoms with Gasteiger partial charge in [0.25, 0.3) is 5.91 Å². The Labute approximate surface area is 130 Å². The number of nitrogen functional groups attached to an aromatic ring is 1. The van der Waals surface area contributed by atoms with Crippen LogP contribution in [0.15, 0.2) is 30.4 Å². The highest BCUT2D eigenvalue weighted by Gasteiger charge is 2.27. The Hall–Kier alpha value is -2.30. The van der Waals surface area contributed by atoms with E-state index in [0.29, 0.717) is 17.0 Å². The topological polar surface area (TPSA) is 81.4 Å². The molecule has 0 radical (unpaired) electrons. The summed E-state index contributed by atoms with van der Waals surface area (Å²) in [5.41, 5.74) is 6.78. The first-order valence-electron chi connectivity index (χ1n) is 7.44. The van der Waals surface area contributed by atoms with Gasteiger partial charge in [0.15, 0.2) is 5.78 Å². The van der Waals surface area contributed by atoms with Gasteiger partial charge in [0, 0.05) is 11.6 Å². The fourth-order valence-electron chi connectivity index (χ4n) is 2.76. The molecule has 3 N–H and O–H groups in total. The molecule has 1 aliphatic rings. The molecule has 2 rings (SSSR count). The highest BCUT2D eigenvalue weighted by Crippen LogP contribution is 2.28. The van der Waals surface area contributed by atoms with Gasteiger partial charge in [-0.05, 0) is 50.0 Å². The van der Waals surface area contributed by atoms with Crippen molar-refractivity contribution in [3.8, 4) is 5.75 Å². The number of benzene rings is 1. The number of rotatable bonds is 5. The fraction of sp³-hybridized carbons (Fsp3) is 0.412. The van der Waals surface area contributed by atoms with Crippen molar-refractivity contribution in [1.29, 1.82) is 0 Å². The lowest BCUT2D eigenvalue weighted by Gasteiger charge is -2.18. The molecular weight excluding hydrogens is 280 g/mol. The van der Waals surface area contributed by atoms with Gasteiger partial charge < -0.3 is 15.8 Å². The second-order valence-electron chi connectivity index (χ2n) is 5.60. The molecule has 118 valence electrons. The van der Waals surface area contributed by atoms with Crippen LogP contribution >= 0.6 is 0 Å². The van der Waals surface area contributed by atoms with Crippen LogP contribution in [0.1, 0.15) is 36.5 Å². The van der Waals surface area contributed by atoms with Crippen molar-refractivity contribution in [2.24, 2.45) is 5.92 Å². The van der Waals surface area contributed by atoms with E-state index in [9.17, 15) is 9.59 Å². The van der Waals surface area contributed by atoms with Crippen LogP contribution in [0.5, 0.6) is 5.75 Å². The maximum atomic E-state index is 12.4. The van der Waals surface area contributed by atoms with Crippen molar-refractivity contribution >= 4 is 17.4 Å². The van der Waals surface area contributed by atoms with Crippen LogP contribution < -0.4 is 15.8 Å². The van der Waals surface area contributed by atoms with Crippen molar-refractivity contribution in [1.82, 2.24) is 5.32 Å². The zero-order valence-electron chi connectivity index (χ0n) is 13.0. The van der Waals surface area contributed by atoms with Gasteiger partial charge in [-0.1, -0.05) is 12.5 Å². The lowest BCUT2D eigenvalue weighted by atomic mass is 10.0. The van der Waals surface area contributed by atoms with Gasteiger partial charge in [-0.2, -0.15) is 0 Å². The molecule has 2 atom stereocenters. The van der Waals surface area contributed by atoms with Gasteiger partial charge >= 0.3 is 0 Å². The summed E-state index contributed by atoms with van der Waals surface area (Å²) in [4.78, 5) is 23.4. The van der Waals surface area contributed by atoms with E-state index >= 15 is 0 Å². The Morgan fingerprint density at radius 1 is 1.36 bits per heavy atom. The summed E-state index contributed by atoms with van der Waals surface area (Å²) < 4.78 is 5.14. The number of hydrogen-bond acceptors (Lipinski definition) is 4. The molecule has 0 heterocycles. The Kier molecular flexibility index (Phi) is 5.20. The number of hydrogen-bond donors (Lipinski definition) is 2. The molecular formula is C17H22N2O3. The number of methoxy groups -OCH3 is 1. The van der Waals surface area contributed by atoms with Crippen molar-refractivity contribution in [3.63, 3.8) is 0 Å². The molecule has 1 amide bonds. The number of amides is 1. The average molecular weight is 302 g/mol. The monoisotopic (exact) mass is 302 g/mol. The molecule has 5 heteroatoms. The van der Waals surface area contributed by atoms with E-state index in [0.717, 1.165) is 19.3 Å². The van der Waals surface area contributed by atoms with Crippen LogP contribution in [0.2, 0.25) is 0 Å². The molecule has 1 aliphatic carbocycles. The summed E-state index contributed by atoms with van der Waals surface area (Å²) in [6.45, 7) is 1.53. The van der Waals surface area contributed by atoms with E-state index in [2.05, 4.69) is 5.32 Å². The van der Waals surface area contributed by atoms with Crippen LogP contribution in [-0.4, -0.2) is 24.8 Å². The largest absolute Gasteiger partial charge is 0.495 e. The SMILES string of the molecule is COc1cc(C(=O)NC2CCCC2/C=C\C(C)=O)ccc1N. The predicted octanol–water partition coefficient (Wildman–Crippen LogP) is 2.32. The fourth-order valence-corrected chi connectivity index (χ4v) is 2.76. The van der Waals surface area contributed by atoms with Crippen LogP contribution in [0.4, 0.5) is 5.69 Å². The highest BCUT2D eigenvalue weighted by molar-refractivity contribution is 5.95. The first-order valence-corrected chi connectivity index (χ1v) is 7.44. The minimum absolute atomic E-state index is 0.0280. The van der Waals surface area contributed by atoms with E-state index in [1.54, 1.807) is 24.3 Å².